The molecule has 48 heavy (non-hydrogen) atoms. The zero-order valence-corrected chi connectivity index (χ0v) is 24.4. The standard InChI is InChI=1S/C34H20F7N5O2/c1-2-19-6-7-21(20-4-3-5-22-24(20)14-42-32(22)48)29(43-19)26(12-16-10-17(35)13-18(36)11-16)44-27(47)15-46-31-28(30(45-46)34(39,40)41)23-8-9-25(23)33(31,37)38/h1,3-7,10-11,13,23,25-26H,12,14-15H2,(H,42,48)(H,44,47). The van der Waals surface area contributed by atoms with E-state index in [0.717, 1.165) is 12.1 Å². The Hall–Kier alpha value is -5.63. The second-order valence-electron chi connectivity index (χ2n) is 11.5. The summed E-state index contributed by atoms with van der Waals surface area (Å²) in [4.78, 5) is 30.5. The van der Waals surface area contributed by atoms with Crippen LogP contribution >= 0.6 is 0 Å². The van der Waals surface area contributed by atoms with E-state index in [-0.39, 0.29) is 35.8 Å². The number of carbonyl (C=O) groups is 2. The largest absolute Gasteiger partial charge is 0.435 e. The highest BCUT2D eigenvalue weighted by Gasteiger charge is 2.62. The molecule has 7 rings (SSSR count). The number of nitrogens with zero attached hydrogens (tertiary/aromatic N) is 3. The first-order valence-electron chi connectivity index (χ1n) is 14.5. The van der Waals surface area contributed by atoms with Gasteiger partial charge in [0.25, 0.3) is 5.91 Å². The van der Waals surface area contributed by atoms with Crippen molar-refractivity contribution in [3.8, 4) is 35.3 Å². The topological polar surface area (TPSA) is 88.9 Å². The lowest BCUT2D eigenvalue weighted by molar-refractivity contribution is -0.142. The number of pyridine rings is 1. The number of hydrogen-bond acceptors (Lipinski definition) is 4. The number of alkyl halides is 5. The normalized spacial score (nSPS) is 18.8. The molecule has 1 aliphatic heterocycles. The number of hydrogen-bond donors (Lipinski definition) is 2. The van der Waals surface area contributed by atoms with Crippen LogP contribution in [-0.2, 0) is 36.4 Å². The van der Waals surface area contributed by atoms with Crippen LogP contribution in [-0.4, -0.2) is 26.6 Å². The third-order valence-electron chi connectivity index (χ3n) is 8.53. The molecule has 0 spiro atoms. The number of nitrogens with one attached hydrogen (secondary N) is 2. The van der Waals surface area contributed by atoms with Gasteiger partial charge in [-0.25, -0.2) is 13.8 Å². The molecule has 0 saturated carbocycles. The Labute approximate surface area is 267 Å². The maximum absolute atomic E-state index is 15.3. The second-order valence-corrected chi connectivity index (χ2v) is 11.5. The van der Waals surface area contributed by atoms with E-state index >= 15 is 8.78 Å². The third-order valence-corrected chi connectivity index (χ3v) is 8.53. The van der Waals surface area contributed by atoms with E-state index in [1.165, 1.54) is 6.07 Å². The lowest BCUT2D eigenvalue weighted by Crippen LogP contribution is -2.36. The lowest BCUT2D eigenvalue weighted by Gasteiger charge is -2.24. The molecule has 3 heterocycles. The summed E-state index contributed by atoms with van der Waals surface area (Å²) in [6.45, 7) is -0.899. The van der Waals surface area contributed by atoms with Crippen LogP contribution in [0.15, 0.2) is 48.5 Å². The zero-order chi connectivity index (χ0) is 34.1. The van der Waals surface area contributed by atoms with E-state index in [9.17, 15) is 31.5 Å². The average molecular weight is 664 g/mol. The van der Waals surface area contributed by atoms with Gasteiger partial charge in [0.1, 0.15) is 35.5 Å². The molecule has 14 heteroatoms. The molecule has 2 aromatic carbocycles. The summed E-state index contributed by atoms with van der Waals surface area (Å²) < 4.78 is 101. The van der Waals surface area contributed by atoms with E-state index in [4.69, 9.17) is 6.42 Å². The molecule has 2 aromatic heterocycles. The van der Waals surface area contributed by atoms with Crippen LogP contribution in [0, 0.1) is 41.7 Å². The smallest absolute Gasteiger partial charge is 0.348 e. The minimum atomic E-state index is -5.10. The van der Waals surface area contributed by atoms with Gasteiger partial charge in [0.2, 0.25) is 5.91 Å². The van der Waals surface area contributed by atoms with Gasteiger partial charge in [0, 0.05) is 29.3 Å². The molecule has 4 aromatic rings. The Kier molecular flexibility index (Phi) is 7.09. The Balaban J connectivity index is 1.31. The molecular formula is C34H20F7N5O2. The van der Waals surface area contributed by atoms with Gasteiger partial charge in [-0.2, -0.15) is 27.1 Å². The van der Waals surface area contributed by atoms with Crippen LogP contribution in [0.4, 0.5) is 30.7 Å². The number of terminal acetylenes is 1. The van der Waals surface area contributed by atoms with Crippen LogP contribution in [0.5, 0.6) is 0 Å². The van der Waals surface area contributed by atoms with Gasteiger partial charge in [-0.3, -0.25) is 14.3 Å². The predicted octanol–water partition coefficient (Wildman–Crippen LogP) is 5.39. The summed E-state index contributed by atoms with van der Waals surface area (Å²) in [7, 11) is 0. The maximum atomic E-state index is 15.3. The Bertz CT molecular complexity index is 2140. The molecule has 3 aliphatic rings. The summed E-state index contributed by atoms with van der Waals surface area (Å²) in [6, 6.07) is 9.45. The average Bonchev–Trinajstić information content (AvgIpc) is 3.60. The number of amides is 2. The first-order chi connectivity index (χ1) is 22.8. The molecule has 3 atom stereocenters. The van der Waals surface area contributed by atoms with E-state index in [2.05, 4.69) is 38.5 Å². The Morgan fingerprint density at radius 3 is 2.50 bits per heavy atom. The number of carbonyl (C=O) groups excluding carboxylic acids is 2. The van der Waals surface area contributed by atoms with Gasteiger partial charge in [0.05, 0.1) is 17.7 Å². The Morgan fingerprint density at radius 1 is 1.10 bits per heavy atom. The zero-order valence-electron chi connectivity index (χ0n) is 24.4. The molecule has 2 N–H and O–H groups in total. The fraction of sp³-hybridized carbons (Fsp3) is 0.235. The summed E-state index contributed by atoms with van der Waals surface area (Å²) in [6.07, 6.45) is 0.211. The van der Waals surface area contributed by atoms with E-state index in [1.807, 2.05) is 0 Å². The first-order valence-corrected chi connectivity index (χ1v) is 14.5. The molecule has 3 unspecified atom stereocenters. The predicted molar refractivity (Wildman–Crippen MR) is 155 cm³/mol. The number of halogens is 7. The van der Waals surface area contributed by atoms with Crippen molar-refractivity contribution in [2.75, 3.05) is 0 Å². The van der Waals surface area contributed by atoms with Crippen molar-refractivity contribution in [2.45, 2.75) is 43.6 Å². The van der Waals surface area contributed by atoms with Crippen LogP contribution in [0.3, 0.4) is 0 Å². The van der Waals surface area contributed by atoms with Crippen LogP contribution < -0.4 is 10.6 Å². The lowest BCUT2D eigenvalue weighted by atomic mass is 9.84. The number of rotatable bonds is 7. The quantitative estimate of drug-likeness (QED) is 0.205. The van der Waals surface area contributed by atoms with Crippen molar-refractivity contribution >= 4 is 11.8 Å². The molecular weight excluding hydrogens is 643 g/mol. The van der Waals surface area contributed by atoms with E-state index < -0.39 is 71.0 Å². The highest BCUT2D eigenvalue weighted by Crippen LogP contribution is 2.58. The van der Waals surface area contributed by atoms with Crippen LogP contribution in [0.1, 0.15) is 61.8 Å². The minimum absolute atomic E-state index is 0.0615. The number of fused-ring (bicyclic) bond motifs is 4. The fourth-order valence-electron chi connectivity index (χ4n) is 6.49. The monoisotopic (exact) mass is 663 g/mol. The van der Waals surface area contributed by atoms with E-state index in [1.54, 1.807) is 24.3 Å². The van der Waals surface area contributed by atoms with Crippen LogP contribution in [0.25, 0.3) is 11.1 Å². The second kappa shape index (κ2) is 11.0. The van der Waals surface area contributed by atoms with Crippen molar-refractivity contribution in [1.29, 1.82) is 0 Å². The van der Waals surface area contributed by atoms with Crippen molar-refractivity contribution in [2.24, 2.45) is 5.92 Å². The van der Waals surface area contributed by atoms with Gasteiger partial charge >= 0.3 is 12.1 Å². The van der Waals surface area contributed by atoms with Gasteiger partial charge < -0.3 is 10.6 Å². The molecule has 0 radical (unpaired) electrons. The van der Waals surface area contributed by atoms with Crippen molar-refractivity contribution < 1.29 is 40.3 Å². The molecule has 0 bridgehead atoms. The molecule has 0 saturated heterocycles. The molecule has 2 amide bonds. The Morgan fingerprint density at radius 2 is 1.83 bits per heavy atom. The van der Waals surface area contributed by atoms with Gasteiger partial charge in [0.15, 0.2) is 5.69 Å². The summed E-state index contributed by atoms with van der Waals surface area (Å²) in [5, 5.41) is 8.71. The van der Waals surface area contributed by atoms with Crippen LogP contribution in [0.2, 0.25) is 0 Å². The summed E-state index contributed by atoms with van der Waals surface area (Å²) in [5.74, 6) is -3.14. The molecule has 7 nitrogen and oxygen atoms in total. The summed E-state index contributed by atoms with van der Waals surface area (Å²) in [5.41, 5.74) is -1.22. The number of aromatic nitrogens is 3. The number of benzene rings is 2. The molecule has 2 aliphatic carbocycles. The van der Waals surface area contributed by atoms with Crippen molar-refractivity contribution in [3.05, 3.63) is 105 Å². The van der Waals surface area contributed by atoms with Crippen molar-refractivity contribution in [3.63, 3.8) is 0 Å². The maximum Gasteiger partial charge on any atom is 0.435 e. The van der Waals surface area contributed by atoms with Gasteiger partial charge in [-0.05, 0) is 53.4 Å². The highest BCUT2D eigenvalue weighted by atomic mass is 19.4. The van der Waals surface area contributed by atoms with Gasteiger partial charge in [-0.1, -0.05) is 29.9 Å². The molecule has 0 fully saturated rings. The first kappa shape index (κ1) is 31.0. The molecule has 242 valence electrons. The minimum Gasteiger partial charge on any atom is -0.348 e. The van der Waals surface area contributed by atoms with Crippen molar-refractivity contribution in [1.82, 2.24) is 25.4 Å². The third kappa shape index (κ3) is 5.04. The van der Waals surface area contributed by atoms with E-state index in [0.29, 0.717) is 33.0 Å². The van der Waals surface area contributed by atoms with Gasteiger partial charge in [-0.15, -0.1) is 6.42 Å². The summed E-state index contributed by atoms with van der Waals surface area (Å²) >= 11 is 0. The fourth-order valence-corrected chi connectivity index (χ4v) is 6.49. The SMILES string of the molecule is C#Cc1ccc(-c2cccc3c2CNC3=O)c(C(Cc2cc(F)cc(F)c2)NC(=O)Cn2nc(C(F)(F)F)c3c2C(F)(F)C2C#CC32)n1. The highest BCUT2D eigenvalue weighted by molar-refractivity contribution is 6.00.